The summed E-state index contributed by atoms with van der Waals surface area (Å²) >= 11 is 1.39. The molecule has 1 atom stereocenters. The molecule has 2 heterocycles. The predicted octanol–water partition coefficient (Wildman–Crippen LogP) is 3.36. The molecule has 0 bridgehead atoms. The van der Waals surface area contributed by atoms with Crippen molar-refractivity contribution in [1.29, 1.82) is 0 Å². The fourth-order valence-corrected chi connectivity index (χ4v) is 3.44. The van der Waals surface area contributed by atoms with Crippen molar-refractivity contribution in [1.82, 2.24) is 9.88 Å². The predicted molar refractivity (Wildman–Crippen MR) is 94.9 cm³/mol. The van der Waals surface area contributed by atoms with Crippen LogP contribution in [-0.2, 0) is 17.5 Å². The van der Waals surface area contributed by atoms with E-state index >= 15 is 0 Å². The van der Waals surface area contributed by atoms with Crippen LogP contribution in [0.25, 0.3) is 10.6 Å². The van der Waals surface area contributed by atoms with Crippen LogP contribution in [-0.4, -0.2) is 41.6 Å². The average molecular weight is 384 g/mol. The number of nitrogens with two attached hydrogens (primary N) is 1. The van der Waals surface area contributed by atoms with Crippen molar-refractivity contribution in [2.75, 3.05) is 19.7 Å². The molecule has 0 saturated carbocycles. The second kappa shape index (κ2) is 7.63. The lowest BCUT2D eigenvalue weighted by Gasteiger charge is -2.31. The minimum Gasteiger partial charge on any atom is -0.375 e. The summed E-state index contributed by atoms with van der Waals surface area (Å²) in [4.78, 5) is 11.5. The molecule has 1 unspecified atom stereocenters. The Bertz CT molecular complexity index is 773. The number of guanidine groups is 1. The van der Waals surface area contributed by atoms with Crippen LogP contribution in [0.4, 0.5) is 13.2 Å². The van der Waals surface area contributed by atoms with Crippen molar-refractivity contribution in [2.45, 2.75) is 25.7 Å². The molecular weight excluding hydrogens is 365 g/mol. The summed E-state index contributed by atoms with van der Waals surface area (Å²) in [5.41, 5.74) is 6.01. The number of rotatable bonds is 3. The van der Waals surface area contributed by atoms with E-state index in [0.717, 1.165) is 17.0 Å². The number of alkyl halides is 3. The Labute approximate surface area is 153 Å². The van der Waals surface area contributed by atoms with Gasteiger partial charge < -0.3 is 15.4 Å². The zero-order valence-corrected chi connectivity index (χ0v) is 15.0. The van der Waals surface area contributed by atoms with Gasteiger partial charge in [-0.3, -0.25) is 0 Å². The lowest BCUT2D eigenvalue weighted by Crippen LogP contribution is -2.47. The molecule has 1 saturated heterocycles. The first-order valence-corrected chi connectivity index (χ1v) is 8.93. The van der Waals surface area contributed by atoms with Crippen LogP contribution in [0.5, 0.6) is 0 Å². The van der Waals surface area contributed by atoms with Crippen LogP contribution < -0.4 is 5.73 Å². The Morgan fingerprint density at radius 3 is 2.77 bits per heavy atom. The number of halogens is 3. The Balaban J connectivity index is 1.65. The van der Waals surface area contributed by atoms with Gasteiger partial charge in [0.05, 0.1) is 24.8 Å². The maximum atomic E-state index is 12.6. The molecule has 0 amide bonds. The number of aliphatic imine (C=N–C) groups is 1. The van der Waals surface area contributed by atoms with Crippen molar-refractivity contribution in [3.63, 3.8) is 0 Å². The van der Waals surface area contributed by atoms with Gasteiger partial charge in [-0.25, -0.2) is 9.98 Å². The van der Waals surface area contributed by atoms with Gasteiger partial charge in [-0.1, -0.05) is 12.1 Å². The van der Waals surface area contributed by atoms with Crippen molar-refractivity contribution < 1.29 is 17.9 Å². The fourth-order valence-electron chi connectivity index (χ4n) is 2.60. The number of hydrogen-bond donors (Lipinski definition) is 1. The maximum Gasteiger partial charge on any atom is 0.416 e. The molecule has 26 heavy (non-hydrogen) atoms. The fraction of sp³-hybridized carbons (Fsp3) is 0.412. The SMILES string of the molecule is CC1CN(C(N)=NCc2cnc(-c3ccc(C(F)(F)F)cc3)s2)CCO1. The second-order valence-corrected chi connectivity index (χ2v) is 7.12. The van der Waals surface area contributed by atoms with E-state index in [1.54, 1.807) is 6.20 Å². The van der Waals surface area contributed by atoms with Crippen LogP contribution in [0.3, 0.4) is 0 Å². The smallest absolute Gasteiger partial charge is 0.375 e. The number of hydrogen-bond acceptors (Lipinski definition) is 4. The summed E-state index contributed by atoms with van der Waals surface area (Å²) in [5, 5.41) is 0.655. The Kier molecular flexibility index (Phi) is 5.47. The average Bonchev–Trinajstić information content (AvgIpc) is 3.08. The summed E-state index contributed by atoms with van der Waals surface area (Å²) in [7, 11) is 0. The molecule has 0 spiro atoms. The molecule has 0 radical (unpaired) electrons. The van der Waals surface area contributed by atoms with Crippen LogP contribution in [0, 0.1) is 0 Å². The number of nitrogens with zero attached hydrogens (tertiary/aromatic N) is 3. The van der Waals surface area contributed by atoms with E-state index in [0.29, 0.717) is 42.8 Å². The molecule has 2 N–H and O–H groups in total. The Hall–Kier alpha value is -2.13. The first-order valence-electron chi connectivity index (χ1n) is 8.12. The van der Waals surface area contributed by atoms with Crippen molar-refractivity contribution >= 4 is 17.3 Å². The van der Waals surface area contributed by atoms with Crippen LogP contribution in [0.1, 0.15) is 17.4 Å². The topological polar surface area (TPSA) is 63.7 Å². The van der Waals surface area contributed by atoms with Gasteiger partial charge in [0, 0.05) is 29.7 Å². The normalized spacial score (nSPS) is 19.0. The molecule has 1 aliphatic heterocycles. The minimum absolute atomic E-state index is 0.118. The minimum atomic E-state index is -4.34. The monoisotopic (exact) mass is 384 g/mol. The summed E-state index contributed by atoms with van der Waals surface area (Å²) in [6, 6.07) is 4.98. The van der Waals surface area contributed by atoms with Crippen LogP contribution in [0.15, 0.2) is 35.5 Å². The van der Waals surface area contributed by atoms with E-state index in [9.17, 15) is 13.2 Å². The number of morpholine rings is 1. The van der Waals surface area contributed by atoms with E-state index < -0.39 is 11.7 Å². The van der Waals surface area contributed by atoms with E-state index in [1.807, 2.05) is 11.8 Å². The molecule has 1 aliphatic rings. The van der Waals surface area contributed by atoms with Gasteiger partial charge in [0.15, 0.2) is 5.96 Å². The molecule has 5 nitrogen and oxygen atoms in total. The van der Waals surface area contributed by atoms with Gasteiger partial charge in [0.1, 0.15) is 5.01 Å². The molecule has 2 aromatic rings. The first-order chi connectivity index (χ1) is 12.3. The van der Waals surface area contributed by atoms with Gasteiger partial charge in [-0.15, -0.1) is 11.3 Å². The first kappa shape index (κ1) is 18.7. The summed E-state index contributed by atoms with van der Waals surface area (Å²) in [5.74, 6) is 0.463. The zero-order chi connectivity index (χ0) is 18.7. The molecule has 1 aromatic heterocycles. The quantitative estimate of drug-likeness (QED) is 0.651. The molecule has 140 valence electrons. The van der Waals surface area contributed by atoms with Gasteiger partial charge in [0.25, 0.3) is 0 Å². The highest BCUT2D eigenvalue weighted by Gasteiger charge is 2.30. The van der Waals surface area contributed by atoms with Crippen LogP contribution in [0.2, 0.25) is 0 Å². The highest BCUT2D eigenvalue weighted by atomic mass is 32.1. The number of ether oxygens (including phenoxy) is 1. The van der Waals surface area contributed by atoms with Crippen molar-refractivity contribution in [3.05, 3.63) is 40.9 Å². The van der Waals surface area contributed by atoms with Gasteiger partial charge in [0.2, 0.25) is 0 Å². The number of aromatic nitrogens is 1. The third kappa shape index (κ3) is 4.53. The van der Waals surface area contributed by atoms with E-state index in [4.69, 9.17) is 10.5 Å². The highest BCUT2D eigenvalue weighted by molar-refractivity contribution is 7.15. The zero-order valence-electron chi connectivity index (χ0n) is 14.2. The van der Waals surface area contributed by atoms with Gasteiger partial charge in [-0.05, 0) is 19.1 Å². The summed E-state index contributed by atoms with van der Waals surface area (Å²) < 4.78 is 43.4. The number of benzene rings is 1. The highest BCUT2D eigenvalue weighted by Crippen LogP contribution is 2.32. The number of thiazole rings is 1. The summed E-state index contributed by atoms with van der Waals surface area (Å²) in [6.45, 7) is 4.40. The van der Waals surface area contributed by atoms with Gasteiger partial charge in [-0.2, -0.15) is 13.2 Å². The molecular formula is C17H19F3N4OS. The molecule has 3 rings (SSSR count). The maximum absolute atomic E-state index is 12.6. The lowest BCUT2D eigenvalue weighted by atomic mass is 10.1. The Morgan fingerprint density at radius 2 is 2.12 bits per heavy atom. The van der Waals surface area contributed by atoms with Crippen molar-refractivity contribution in [3.8, 4) is 10.6 Å². The van der Waals surface area contributed by atoms with E-state index in [1.165, 1.54) is 23.5 Å². The van der Waals surface area contributed by atoms with Gasteiger partial charge >= 0.3 is 6.18 Å². The Morgan fingerprint density at radius 1 is 1.38 bits per heavy atom. The lowest BCUT2D eigenvalue weighted by molar-refractivity contribution is -0.137. The molecule has 1 aromatic carbocycles. The molecule has 0 aliphatic carbocycles. The largest absolute Gasteiger partial charge is 0.416 e. The third-order valence-corrected chi connectivity index (χ3v) is 5.01. The van der Waals surface area contributed by atoms with Crippen molar-refractivity contribution in [2.24, 2.45) is 10.7 Å². The van der Waals surface area contributed by atoms with Crippen LogP contribution >= 0.6 is 11.3 Å². The van der Waals surface area contributed by atoms with E-state index in [-0.39, 0.29) is 6.10 Å². The standard InChI is InChI=1S/C17H19F3N4OS/c1-11-10-24(6-7-25-11)16(21)23-9-14-8-22-15(26-14)12-2-4-13(5-3-12)17(18,19)20/h2-5,8,11H,6-7,9-10H2,1H3,(H2,21,23). The third-order valence-electron chi connectivity index (χ3n) is 3.97. The molecule has 9 heteroatoms. The second-order valence-electron chi connectivity index (χ2n) is 6.01. The molecule has 1 fully saturated rings. The summed E-state index contributed by atoms with van der Waals surface area (Å²) in [6.07, 6.45) is -2.54. The van der Waals surface area contributed by atoms with E-state index in [2.05, 4.69) is 9.98 Å².